The van der Waals surface area contributed by atoms with Crippen LogP contribution in [0.15, 0.2) is 12.3 Å². The van der Waals surface area contributed by atoms with Crippen LogP contribution in [0, 0.1) is 0 Å². The fourth-order valence-electron chi connectivity index (χ4n) is 0.544. The minimum absolute atomic E-state index is 0.333. The zero-order chi connectivity index (χ0) is 10.3. The molecular formula is C9H18O3Si. The maximum atomic E-state index is 10.9. The van der Waals surface area contributed by atoms with Gasteiger partial charge in [0, 0.05) is 0 Å². The standard InChI is InChI=1S/C9H18O3Si/c1-5-7-11-9(10)6-8-12-13(2,3)4/h6,8H,5,7H2,1-4H3. The summed E-state index contributed by atoms with van der Waals surface area (Å²) in [6.45, 7) is 8.57. The Morgan fingerprint density at radius 3 is 2.46 bits per heavy atom. The van der Waals surface area contributed by atoms with Gasteiger partial charge in [0.05, 0.1) is 18.9 Å². The molecule has 0 amide bonds. The van der Waals surface area contributed by atoms with Gasteiger partial charge in [-0.3, -0.25) is 0 Å². The zero-order valence-corrected chi connectivity index (χ0v) is 9.79. The van der Waals surface area contributed by atoms with E-state index in [1.165, 1.54) is 12.3 Å². The minimum Gasteiger partial charge on any atom is -0.549 e. The Labute approximate surface area is 80.9 Å². The van der Waals surface area contributed by atoms with Crippen LogP contribution in [0.4, 0.5) is 0 Å². The second-order valence-electron chi connectivity index (χ2n) is 3.70. The second kappa shape index (κ2) is 5.80. The summed E-state index contributed by atoms with van der Waals surface area (Å²) >= 11 is 0. The Bertz CT molecular complexity index is 182. The van der Waals surface area contributed by atoms with Gasteiger partial charge in [-0.15, -0.1) is 0 Å². The summed E-state index contributed by atoms with van der Waals surface area (Å²) in [5.41, 5.74) is 0. The SMILES string of the molecule is CCCOC(=O)C=CO[Si](C)(C)C. The molecule has 4 heteroatoms. The highest BCUT2D eigenvalue weighted by atomic mass is 28.4. The maximum Gasteiger partial charge on any atom is 0.333 e. The van der Waals surface area contributed by atoms with E-state index < -0.39 is 8.32 Å². The predicted molar refractivity (Wildman–Crippen MR) is 54.8 cm³/mol. The molecule has 0 rings (SSSR count). The highest BCUT2D eigenvalue weighted by Crippen LogP contribution is 2.02. The summed E-state index contributed by atoms with van der Waals surface area (Å²) in [6.07, 6.45) is 3.60. The lowest BCUT2D eigenvalue weighted by Gasteiger charge is -2.14. The summed E-state index contributed by atoms with van der Waals surface area (Å²) in [6, 6.07) is 0. The van der Waals surface area contributed by atoms with Crippen LogP contribution in [0.5, 0.6) is 0 Å². The van der Waals surface area contributed by atoms with Crippen molar-refractivity contribution in [2.45, 2.75) is 33.0 Å². The van der Waals surface area contributed by atoms with Gasteiger partial charge in [-0.1, -0.05) is 6.92 Å². The van der Waals surface area contributed by atoms with E-state index in [2.05, 4.69) is 19.6 Å². The van der Waals surface area contributed by atoms with Crippen molar-refractivity contribution in [3.63, 3.8) is 0 Å². The van der Waals surface area contributed by atoms with E-state index >= 15 is 0 Å². The van der Waals surface area contributed by atoms with Crippen LogP contribution < -0.4 is 0 Å². The molecule has 0 unspecified atom stereocenters. The topological polar surface area (TPSA) is 35.5 Å². The second-order valence-corrected chi connectivity index (χ2v) is 8.16. The molecule has 0 heterocycles. The summed E-state index contributed by atoms with van der Waals surface area (Å²) < 4.78 is 10.2. The van der Waals surface area contributed by atoms with Gasteiger partial charge in [-0.2, -0.15) is 0 Å². The Balaban J connectivity index is 3.66. The molecule has 0 radical (unpaired) electrons. The number of carbonyl (C=O) groups excluding carboxylic acids is 1. The number of hydrogen-bond acceptors (Lipinski definition) is 3. The predicted octanol–water partition coefficient (Wildman–Crippen LogP) is 2.30. The van der Waals surface area contributed by atoms with Crippen molar-refractivity contribution in [3.05, 3.63) is 12.3 Å². The summed E-state index contributed by atoms with van der Waals surface area (Å²) in [5.74, 6) is -0.333. The Morgan fingerprint density at radius 2 is 2.00 bits per heavy atom. The van der Waals surface area contributed by atoms with Crippen LogP contribution in [-0.4, -0.2) is 20.9 Å². The van der Waals surface area contributed by atoms with E-state index in [1.54, 1.807) is 0 Å². The highest BCUT2D eigenvalue weighted by Gasteiger charge is 2.13. The first-order valence-corrected chi connectivity index (χ1v) is 7.87. The Morgan fingerprint density at radius 1 is 1.38 bits per heavy atom. The fraction of sp³-hybridized carbons (Fsp3) is 0.667. The molecule has 0 N–H and O–H groups in total. The first-order valence-electron chi connectivity index (χ1n) is 4.47. The van der Waals surface area contributed by atoms with Crippen molar-refractivity contribution in [1.29, 1.82) is 0 Å². The van der Waals surface area contributed by atoms with Crippen molar-refractivity contribution in [2.75, 3.05) is 6.61 Å². The molecule has 0 aromatic rings. The Hall–Kier alpha value is -0.773. The molecule has 0 saturated carbocycles. The molecule has 3 nitrogen and oxygen atoms in total. The van der Waals surface area contributed by atoms with Gasteiger partial charge in [-0.25, -0.2) is 4.79 Å². The van der Waals surface area contributed by atoms with E-state index in [9.17, 15) is 4.79 Å². The monoisotopic (exact) mass is 202 g/mol. The van der Waals surface area contributed by atoms with Crippen molar-refractivity contribution < 1.29 is 14.0 Å². The fourth-order valence-corrected chi connectivity index (χ4v) is 1.02. The molecule has 76 valence electrons. The van der Waals surface area contributed by atoms with Gasteiger partial charge >= 0.3 is 5.97 Å². The lowest BCUT2D eigenvalue weighted by atomic mass is 10.5. The normalized spacial score (nSPS) is 11.7. The number of hydrogen-bond donors (Lipinski definition) is 0. The molecule has 13 heavy (non-hydrogen) atoms. The van der Waals surface area contributed by atoms with Crippen molar-refractivity contribution >= 4 is 14.3 Å². The third-order valence-electron chi connectivity index (χ3n) is 1.07. The van der Waals surface area contributed by atoms with E-state index in [4.69, 9.17) is 9.16 Å². The van der Waals surface area contributed by atoms with Crippen LogP contribution in [-0.2, 0) is 14.0 Å². The van der Waals surface area contributed by atoms with Crippen molar-refractivity contribution in [1.82, 2.24) is 0 Å². The molecular weight excluding hydrogens is 184 g/mol. The number of esters is 1. The number of carbonyl (C=O) groups is 1. The minimum atomic E-state index is -1.55. The highest BCUT2D eigenvalue weighted by molar-refractivity contribution is 6.69. The first kappa shape index (κ1) is 12.2. The Kier molecular flexibility index (Phi) is 5.46. The molecule has 0 bridgehead atoms. The molecule has 0 aliphatic heterocycles. The van der Waals surface area contributed by atoms with E-state index in [1.807, 2.05) is 6.92 Å². The average molecular weight is 202 g/mol. The molecule has 0 aromatic carbocycles. The largest absolute Gasteiger partial charge is 0.549 e. The van der Waals surface area contributed by atoms with Gasteiger partial charge in [-0.05, 0) is 26.1 Å². The summed E-state index contributed by atoms with van der Waals surface area (Å²) in [5, 5.41) is 0. The van der Waals surface area contributed by atoms with E-state index in [0.29, 0.717) is 6.61 Å². The first-order chi connectivity index (χ1) is 5.95. The smallest absolute Gasteiger partial charge is 0.333 e. The van der Waals surface area contributed by atoms with Crippen molar-refractivity contribution in [3.8, 4) is 0 Å². The third kappa shape index (κ3) is 9.14. The summed E-state index contributed by atoms with van der Waals surface area (Å²) in [7, 11) is -1.55. The van der Waals surface area contributed by atoms with Crippen molar-refractivity contribution in [2.24, 2.45) is 0 Å². The molecule has 0 fully saturated rings. The lowest BCUT2D eigenvalue weighted by Crippen LogP contribution is -2.22. The average Bonchev–Trinajstić information content (AvgIpc) is 1.98. The van der Waals surface area contributed by atoms with Gasteiger partial charge in [0.2, 0.25) is 8.32 Å². The molecule has 0 aliphatic rings. The van der Waals surface area contributed by atoms with Crippen LogP contribution >= 0.6 is 0 Å². The van der Waals surface area contributed by atoms with Gasteiger partial charge in [0.25, 0.3) is 0 Å². The summed E-state index contributed by atoms with van der Waals surface area (Å²) in [4.78, 5) is 10.9. The van der Waals surface area contributed by atoms with Gasteiger partial charge in [0.1, 0.15) is 0 Å². The van der Waals surface area contributed by atoms with Crippen LogP contribution in [0.25, 0.3) is 0 Å². The quantitative estimate of drug-likeness (QED) is 0.297. The lowest BCUT2D eigenvalue weighted by molar-refractivity contribution is -0.137. The van der Waals surface area contributed by atoms with E-state index in [-0.39, 0.29) is 5.97 Å². The molecule has 0 atom stereocenters. The van der Waals surface area contributed by atoms with Crippen LogP contribution in [0.3, 0.4) is 0 Å². The van der Waals surface area contributed by atoms with Crippen LogP contribution in [0.2, 0.25) is 19.6 Å². The zero-order valence-electron chi connectivity index (χ0n) is 8.79. The maximum absolute atomic E-state index is 10.9. The molecule has 0 spiro atoms. The van der Waals surface area contributed by atoms with E-state index in [0.717, 1.165) is 6.42 Å². The third-order valence-corrected chi connectivity index (χ3v) is 1.92. The number of rotatable bonds is 5. The molecule has 0 saturated heterocycles. The van der Waals surface area contributed by atoms with Crippen LogP contribution in [0.1, 0.15) is 13.3 Å². The van der Waals surface area contributed by atoms with Gasteiger partial charge in [0.15, 0.2) is 0 Å². The van der Waals surface area contributed by atoms with Gasteiger partial charge < -0.3 is 9.16 Å². The number of ether oxygens (including phenoxy) is 1. The molecule has 0 aliphatic carbocycles. The molecule has 0 aromatic heterocycles.